The molecule has 2 N–H and O–H groups in total. The zero-order valence-electron chi connectivity index (χ0n) is 8.77. The lowest BCUT2D eigenvalue weighted by atomic mass is 10.4. The van der Waals surface area contributed by atoms with Gasteiger partial charge in [0.05, 0.1) is 31.3 Å². The molecule has 0 aliphatic carbocycles. The highest BCUT2D eigenvalue weighted by molar-refractivity contribution is 5.89. The molecule has 0 saturated heterocycles. The monoisotopic (exact) mass is 245 g/mol. The fourth-order valence-electron chi connectivity index (χ4n) is 1.14. The number of carboxylic acid groups (broad SMARTS) is 1. The van der Waals surface area contributed by atoms with Gasteiger partial charge in [-0.25, -0.2) is 4.79 Å². The third-order valence-corrected chi connectivity index (χ3v) is 1.84. The van der Waals surface area contributed by atoms with E-state index in [4.69, 9.17) is 14.9 Å². The molecule has 17 heavy (non-hydrogen) atoms. The molecule has 1 aromatic rings. The van der Waals surface area contributed by atoms with E-state index in [0.29, 0.717) is 0 Å². The van der Waals surface area contributed by atoms with Crippen LogP contribution in [0.5, 0.6) is 0 Å². The first-order chi connectivity index (χ1) is 8.06. The predicted octanol–water partition coefficient (Wildman–Crippen LogP) is -0.502. The normalized spacial score (nSPS) is 10.4. The zero-order valence-corrected chi connectivity index (χ0v) is 8.77. The number of aromatic nitrogens is 2. The van der Waals surface area contributed by atoms with E-state index in [2.05, 4.69) is 5.10 Å². The second-order valence-electron chi connectivity index (χ2n) is 3.02. The number of rotatable bonds is 7. The second-order valence-corrected chi connectivity index (χ2v) is 3.02. The van der Waals surface area contributed by atoms with Crippen LogP contribution in [-0.2, 0) is 11.3 Å². The number of ether oxygens (including phenoxy) is 1. The molecule has 0 fully saturated rings. The molecule has 9 heteroatoms. The Morgan fingerprint density at radius 3 is 2.76 bits per heavy atom. The molecule has 94 valence electrons. The number of nitrogens with zero attached hydrogens (tertiary/aromatic N) is 3. The Bertz CT molecular complexity index is 384. The van der Waals surface area contributed by atoms with Gasteiger partial charge in [-0.3, -0.25) is 14.8 Å². The van der Waals surface area contributed by atoms with Gasteiger partial charge < -0.3 is 14.9 Å². The van der Waals surface area contributed by atoms with E-state index in [0.717, 1.165) is 10.9 Å². The van der Waals surface area contributed by atoms with Crippen molar-refractivity contribution >= 4 is 11.7 Å². The minimum atomic E-state index is -1.45. The summed E-state index contributed by atoms with van der Waals surface area (Å²) in [5.41, 5.74) is -1.16. The van der Waals surface area contributed by atoms with E-state index in [1.54, 1.807) is 0 Å². The van der Waals surface area contributed by atoms with Crippen molar-refractivity contribution in [2.24, 2.45) is 0 Å². The lowest BCUT2D eigenvalue weighted by Gasteiger charge is -2.01. The van der Waals surface area contributed by atoms with Crippen LogP contribution >= 0.6 is 0 Å². The van der Waals surface area contributed by atoms with Crippen molar-refractivity contribution < 1.29 is 24.7 Å². The van der Waals surface area contributed by atoms with Crippen molar-refractivity contribution in [3.8, 4) is 0 Å². The minimum absolute atomic E-state index is 0.125. The number of hydrogen-bond donors (Lipinski definition) is 2. The molecule has 1 aromatic heterocycles. The van der Waals surface area contributed by atoms with Gasteiger partial charge in [-0.15, -0.1) is 0 Å². The Morgan fingerprint density at radius 1 is 1.59 bits per heavy atom. The number of hydrogen-bond acceptors (Lipinski definition) is 6. The van der Waals surface area contributed by atoms with Crippen LogP contribution in [-0.4, -0.2) is 50.7 Å². The molecule has 0 unspecified atom stereocenters. The lowest BCUT2D eigenvalue weighted by molar-refractivity contribution is -0.385. The fraction of sp³-hybridized carbons (Fsp3) is 0.500. The van der Waals surface area contributed by atoms with Gasteiger partial charge in [-0.1, -0.05) is 0 Å². The van der Waals surface area contributed by atoms with E-state index in [1.165, 1.54) is 0 Å². The first-order valence-corrected chi connectivity index (χ1v) is 4.70. The summed E-state index contributed by atoms with van der Waals surface area (Å²) in [4.78, 5) is 20.4. The Kier molecular flexibility index (Phi) is 4.55. The summed E-state index contributed by atoms with van der Waals surface area (Å²) in [6, 6.07) is 0. The Balaban J connectivity index is 2.71. The molecule has 0 atom stereocenters. The van der Waals surface area contributed by atoms with Crippen LogP contribution < -0.4 is 0 Å². The average molecular weight is 245 g/mol. The van der Waals surface area contributed by atoms with Crippen LogP contribution in [0.2, 0.25) is 0 Å². The number of carboxylic acids is 1. The summed E-state index contributed by atoms with van der Waals surface area (Å²) in [6.45, 7) is 0.376. The summed E-state index contributed by atoms with van der Waals surface area (Å²) in [7, 11) is 0. The van der Waals surface area contributed by atoms with Crippen molar-refractivity contribution in [1.29, 1.82) is 0 Å². The van der Waals surface area contributed by atoms with Crippen molar-refractivity contribution in [2.75, 3.05) is 19.8 Å². The topological polar surface area (TPSA) is 128 Å². The van der Waals surface area contributed by atoms with Crippen molar-refractivity contribution in [2.45, 2.75) is 6.54 Å². The van der Waals surface area contributed by atoms with E-state index < -0.39 is 22.3 Å². The molecule has 0 aliphatic heterocycles. The van der Waals surface area contributed by atoms with Gasteiger partial charge in [-0.2, -0.15) is 5.10 Å². The minimum Gasteiger partial charge on any atom is -0.476 e. The highest BCUT2D eigenvalue weighted by Gasteiger charge is 2.24. The Morgan fingerprint density at radius 2 is 2.29 bits per heavy atom. The summed E-state index contributed by atoms with van der Waals surface area (Å²) in [6.07, 6.45) is 1.03. The average Bonchev–Trinajstić information content (AvgIpc) is 2.69. The van der Waals surface area contributed by atoms with E-state index >= 15 is 0 Å². The van der Waals surface area contributed by atoms with Gasteiger partial charge in [0.2, 0.25) is 5.69 Å². The molecule has 0 amide bonds. The lowest BCUT2D eigenvalue weighted by Crippen LogP contribution is -2.09. The highest BCUT2D eigenvalue weighted by Crippen LogP contribution is 2.16. The third kappa shape index (κ3) is 3.50. The van der Waals surface area contributed by atoms with Gasteiger partial charge in [0, 0.05) is 0 Å². The van der Waals surface area contributed by atoms with Crippen LogP contribution in [0, 0.1) is 10.1 Å². The van der Waals surface area contributed by atoms with Crippen molar-refractivity contribution in [1.82, 2.24) is 9.78 Å². The molecule has 0 aliphatic rings. The smallest absolute Gasteiger partial charge is 0.363 e. The van der Waals surface area contributed by atoms with Gasteiger partial charge in [-0.05, 0) is 0 Å². The summed E-state index contributed by atoms with van der Waals surface area (Å²) in [5.74, 6) is -1.45. The maximum atomic E-state index is 10.7. The largest absolute Gasteiger partial charge is 0.476 e. The number of aliphatic hydroxyl groups is 1. The Hall–Kier alpha value is -2.00. The van der Waals surface area contributed by atoms with E-state index in [-0.39, 0.29) is 26.4 Å². The third-order valence-electron chi connectivity index (χ3n) is 1.84. The maximum absolute atomic E-state index is 10.7. The van der Waals surface area contributed by atoms with Crippen LogP contribution in [0.4, 0.5) is 5.69 Å². The van der Waals surface area contributed by atoms with Crippen LogP contribution in [0.15, 0.2) is 6.20 Å². The quantitative estimate of drug-likeness (QED) is 0.376. The van der Waals surface area contributed by atoms with Gasteiger partial charge in [0.15, 0.2) is 0 Å². The van der Waals surface area contributed by atoms with Crippen LogP contribution in [0.25, 0.3) is 0 Å². The molecule has 9 nitrogen and oxygen atoms in total. The van der Waals surface area contributed by atoms with Crippen LogP contribution in [0.3, 0.4) is 0 Å². The fourth-order valence-corrected chi connectivity index (χ4v) is 1.14. The molecule has 1 rings (SSSR count). The molecule has 0 bridgehead atoms. The number of carbonyl (C=O) groups is 1. The number of nitro groups is 1. The first-order valence-electron chi connectivity index (χ1n) is 4.70. The summed E-state index contributed by atoms with van der Waals surface area (Å²) < 4.78 is 6.05. The van der Waals surface area contributed by atoms with Crippen molar-refractivity contribution in [3.05, 3.63) is 22.0 Å². The molecular weight excluding hydrogens is 234 g/mol. The SMILES string of the molecule is O=C(O)c1nn(CCOCCO)cc1[N+](=O)[O-]. The number of aromatic carboxylic acids is 1. The maximum Gasteiger partial charge on any atom is 0.363 e. The predicted molar refractivity (Wildman–Crippen MR) is 53.7 cm³/mol. The Labute approximate surface area is 95.4 Å². The molecular formula is C8H11N3O6. The highest BCUT2D eigenvalue weighted by atomic mass is 16.6. The second kappa shape index (κ2) is 5.92. The van der Waals surface area contributed by atoms with E-state index in [1.807, 2.05) is 0 Å². The van der Waals surface area contributed by atoms with Crippen LogP contribution in [0.1, 0.15) is 10.5 Å². The van der Waals surface area contributed by atoms with Gasteiger partial charge in [0.1, 0.15) is 6.20 Å². The first kappa shape index (κ1) is 13.1. The van der Waals surface area contributed by atoms with Crippen molar-refractivity contribution in [3.63, 3.8) is 0 Å². The summed E-state index contributed by atoms with van der Waals surface area (Å²) in [5, 5.41) is 31.2. The molecule has 1 heterocycles. The molecule has 0 aromatic carbocycles. The van der Waals surface area contributed by atoms with Gasteiger partial charge >= 0.3 is 11.7 Å². The number of aliphatic hydroxyl groups excluding tert-OH is 1. The standard InChI is InChI=1S/C8H11N3O6/c12-2-4-17-3-1-10-5-6(11(15)16)7(9-10)8(13)14/h5,12H,1-4H2,(H,13,14). The molecule has 0 spiro atoms. The molecule has 0 saturated carbocycles. The zero-order chi connectivity index (χ0) is 12.8. The van der Waals surface area contributed by atoms with E-state index in [9.17, 15) is 14.9 Å². The molecule has 0 radical (unpaired) electrons. The summed E-state index contributed by atoms with van der Waals surface area (Å²) >= 11 is 0. The van der Waals surface area contributed by atoms with Gasteiger partial charge in [0.25, 0.3) is 0 Å².